The van der Waals surface area contributed by atoms with Crippen LogP contribution in [-0.4, -0.2) is 18.2 Å². The molecule has 0 unspecified atom stereocenters. The zero-order chi connectivity index (χ0) is 14.4. The van der Waals surface area contributed by atoms with E-state index in [0.29, 0.717) is 17.9 Å². The SMILES string of the molecule is COc1ccccc1[C@@H](NCc1ccccc1)C(=O)O. The molecule has 2 aromatic carbocycles. The Kier molecular flexibility index (Phi) is 4.74. The van der Waals surface area contributed by atoms with Crippen molar-refractivity contribution in [2.75, 3.05) is 7.11 Å². The normalized spacial score (nSPS) is 11.8. The molecular formula is C16H17NO3. The number of hydrogen-bond donors (Lipinski definition) is 2. The number of para-hydroxylation sites is 1. The van der Waals surface area contributed by atoms with E-state index in [1.54, 1.807) is 18.2 Å². The maximum Gasteiger partial charge on any atom is 0.325 e. The zero-order valence-electron chi connectivity index (χ0n) is 11.2. The van der Waals surface area contributed by atoms with Gasteiger partial charge in [-0.2, -0.15) is 0 Å². The van der Waals surface area contributed by atoms with Crippen LogP contribution in [0.15, 0.2) is 54.6 Å². The molecule has 0 aliphatic rings. The highest BCUT2D eigenvalue weighted by Gasteiger charge is 2.22. The van der Waals surface area contributed by atoms with Gasteiger partial charge in [-0.3, -0.25) is 10.1 Å². The number of carbonyl (C=O) groups is 1. The van der Waals surface area contributed by atoms with E-state index >= 15 is 0 Å². The topological polar surface area (TPSA) is 58.6 Å². The predicted octanol–water partition coefficient (Wildman–Crippen LogP) is 2.61. The number of aliphatic carboxylic acids is 1. The molecule has 0 bridgehead atoms. The molecule has 0 spiro atoms. The summed E-state index contributed by atoms with van der Waals surface area (Å²) in [6.07, 6.45) is 0. The van der Waals surface area contributed by atoms with Crippen molar-refractivity contribution in [2.45, 2.75) is 12.6 Å². The summed E-state index contributed by atoms with van der Waals surface area (Å²) in [5.41, 5.74) is 1.66. The molecule has 1 atom stereocenters. The second-order valence-electron chi connectivity index (χ2n) is 4.38. The first-order valence-electron chi connectivity index (χ1n) is 6.35. The van der Waals surface area contributed by atoms with Crippen LogP contribution in [0.25, 0.3) is 0 Å². The molecule has 4 heteroatoms. The summed E-state index contributed by atoms with van der Waals surface area (Å²) in [5.74, 6) is -0.356. The molecule has 0 aliphatic heterocycles. The summed E-state index contributed by atoms with van der Waals surface area (Å²) in [7, 11) is 1.54. The van der Waals surface area contributed by atoms with Gasteiger partial charge in [0.1, 0.15) is 11.8 Å². The summed E-state index contributed by atoms with van der Waals surface area (Å²) >= 11 is 0. The van der Waals surface area contributed by atoms with Crippen LogP contribution in [0.2, 0.25) is 0 Å². The lowest BCUT2D eigenvalue weighted by molar-refractivity contribution is -0.139. The first-order chi connectivity index (χ1) is 9.72. The fourth-order valence-corrected chi connectivity index (χ4v) is 2.05. The molecule has 0 radical (unpaired) electrons. The Labute approximate surface area is 118 Å². The average Bonchev–Trinajstić information content (AvgIpc) is 2.48. The summed E-state index contributed by atoms with van der Waals surface area (Å²) in [4.78, 5) is 11.5. The van der Waals surface area contributed by atoms with Gasteiger partial charge in [0.25, 0.3) is 0 Å². The van der Waals surface area contributed by atoms with E-state index in [1.807, 2.05) is 36.4 Å². The van der Waals surface area contributed by atoms with E-state index in [2.05, 4.69) is 5.32 Å². The fourth-order valence-electron chi connectivity index (χ4n) is 2.05. The summed E-state index contributed by atoms with van der Waals surface area (Å²) in [6.45, 7) is 0.482. The minimum Gasteiger partial charge on any atom is -0.496 e. The highest BCUT2D eigenvalue weighted by molar-refractivity contribution is 5.76. The van der Waals surface area contributed by atoms with Gasteiger partial charge < -0.3 is 9.84 Å². The Balaban J connectivity index is 2.17. The Hall–Kier alpha value is -2.33. The predicted molar refractivity (Wildman–Crippen MR) is 76.7 cm³/mol. The van der Waals surface area contributed by atoms with Crippen molar-refractivity contribution in [3.05, 3.63) is 65.7 Å². The van der Waals surface area contributed by atoms with Crippen LogP contribution in [0.3, 0.4) is 0 Å². The number of ether oxygens (including phenoxy) is 1. The van der Waals surface area contributed by atoms with Crippen LogP contribution in [0.4, 0.5) is 0 Å². The van der Waals surface area contributed by atoms with Crippen molar-refractivity contribution in [3.8, 4) is 5.75 Å². The molecule has 0 aliphatic carbocycles. The van der Waals surface area contributed by atoms with Crippen LogP contribution >= 0.6 is 0 Å². The third-order valence-corrected chi connectivity index (χ3v) is 3.05. The Bertz CT molecular complexity index is 569. The van der Waals surface area contributed by atoms with Crippen LogP contribution in [0, 0.1) is 0 Å². The van der Waals surface area contributed by atoms with Gasteiger partial charge in [-0.25, -0.2) is 0 Å². The quantitative estimate of drug-likeness (QED) is 0.848. The van der Waals surface area contributed by atoms with Crippen molar-refractivity contribution in [1.29, 1.82) is 0 Å². The van der Waals surface area contributed by atoms with Gasteiger partial charge in [-0.15, -0.1) is 0 Å². The van der Waals surface area contributed by atoms with E-state index in [4.69, 9.17) is 4.74 Å². The van der Waals surface area contributed by atoms with Crippen molar-refractivity contribution in [2.24, 2.45) is 0 Å². The number of hydrogen-bond acceptors (Lipinski definition) is 3. The third kappa shape index (κ3) is 3.36. The van der Waals surface area contributed by atoms with Gasteiger partial charge in [0, 0.05) is 12.1 Å². The van der Waals surface area contributed by atoms with E-state index < -0.39 is 12.0 Å². The minimum absolute atomic E-state index is 0.482. The summed E-state index contributed by atoms with van der Waals surface area (Å²) < 4.78 is 5.23. The number of carboxylic acids is 1. The minimum atomic E-state index is -0.926. The molecule has 0 amide bonds. The number of rotatable bonds is 6. The molecule has 2 aromatic rings. The molecule has 0 saturated carbocycles. The van der Waals surface area contributed by atoms with Gasteiger partial charge in [0.2, 0.25) is 0 Å². The van der Waals surface area contributed by atoms with Crippen LogP contribution in [0.1, 0.15) is 17.2 Å². The monoisotopic (exact) mass is 271 g/mol. The van der Waals surface area contributed by atoms with Gasteiger partial charge in [0.05, 0.1) is 7.11 Å². The van der Waals surface area contributed by atoms with Crippen LogP contribution in [0.5, 0.6) is 5.75 Å². The lowest BCUT2D eigenvalue weighted by Gasteiger charge is -2.17. The first kappa shape index (κ1) is 14.1. The molecule has 0 saturated heterocycles. The van der Waals surface area contributed by atoms with Gasteiger partial charge in [0.15, 0.2) is 0 Å². The first-order valence-corrected chi connectivity index (χ1v) is 6.35. The largest absolute Gasteiger partial charge is 0.496 e. The molecule has 0 aromatic heterocycles. The zero-order valence-corrected chi connectivity index (χ0v) is 11.2. The highest BCUT2D eigenvalue weighted by Crippen LogP contribution is 2.25. The maximum atomic E-state index is 11.5. The second kappa shape index (κ2) is 6.73. The molecule has 2 N–H and O–H groups in total. The summed E-state index contributed by atoms with van der Waals surface area (Å²) in [5, 5.41) is 12.5. The van der Waals surface area contributed by atoms with E-state index in [0.717, 1.165) is 5.56 Å². The highest BCUT2D eigenvalue weighted by atomic mass is 16.5. The van der Waals surface area contributed by atoms with Crippen molar-refractivity contribution >= 4 is 5.97 Å². The van der Waals surface area contributed by atoms with Crippen molar-refractivity contribution < 1.29 is 14.6 Å². The fraction of sp³-hybridized carbons (Fsp3) is 0.188. The number of nitrogens with one attached hydrogen (secondary N) is 1. The van der Waals surface area contributed by atoms with Crippen LogP contribution in [-0.2, 0) is 11.3 Å². The Morgan fingerprint density at radius 3 is 2.45 bits per heavy atom. The third-order valence-electron chi connectivity index (χ3n) is 3.05. The van der Waals surface area contributed by atoms with E-state index in [1.165, 1.54) is 7.11 Å². The molecule has 104 valence electrons. The lowest BCUT2D eigenvalue weighted by Crippen LogP contribution is -2.28. The molecule has 20 heavy (non-hydrogen) atoms. The smallest absolute Gasteiger partial charge is 0.325 e. The van der Waals surface area contributed by atoms with Crippen molar-refractivity contribution in [3.63, 3.8) is 0 Å². The maximum absolute atomic E-state index is 11.5. The van der Waals surface area contributed by atoms with Crippen molar-refractivity contribution in [1.82, 2.24) is 5.32 Å². The van der Waals surface area contributed by atoms with Gasteiger partial charge in [-0.1, -0.05) is 48.5 Å². The Morgan fingerprint density at radius 1 is 1.15 bits per heavy atom. The standard InChI is InChI=1S/C16H17NO3/c1-20-14-10-6-5-9-13(14)15(16(18)19)17-11-12-7-3-2-4-8-12/h2-10,15,17H,11H2,1H3,(H,18,19)/t15-/m1/s1. The van der Waals surface area contributed by atoms with E-state index in [-0.39, 0.29) is 0 Å². The second-order valence-corrected chi connectivity index (χ2v) is 4.38. The lowest BCUT2D eigenvalue weighted by atomic mass is 10.1. The number of carboxylic acid groups (broad SMARTS) is 1. The molecule has 4 nitrogen and oxygen atoms in total. The molecular weight excluding hydrogens is 254 g/mol. The number of benzene rings is 2. The molecule has 2 rings (SSSR count). The summed E-state index contributed by atoms with van der Waals surface area (Å²) in [6, 6.07) is 16.0. The average molecular weight is 271 g/mol. The number of methoxy groups -OCH3 is 1. The van der Waals surface area contributed by atoms with E-state index in [9.17, 15) is 9.90 Å². The Morgan fingerprint density at radius 2 is 1.80 bits per heavy atom. The van der Waals surface area contributed by atoms with Crippen LogP contribution < -0.4 is 10.1 Å². The molecule has 0 fully saturated rings. The molecule has 0 heterocycles. The van der Waals surface area contributed by atoms with Gasteiger partial charge in [-0.05, 0) is 11.6 Å². The van der Waals surface area contributed by atoms with Gasteiger partial charge >= 0.3 is 5.97 Å².